The van der Waals surface area contributed by atoms with E-state index in [1.165, 1.54) is 0 Å². The van der Waals surface area contributed by atoms with Gasteiger partial charge in [0.05, 0.1) is 6.54 Å². The summed E-state index contributed by atoms with van der Waals surface area (Å²) >= 11 is 0. The zero-order valence-corrected chi connectivity index (χ0v) is 10.9. The van der Waals surface area contributed by atoms with Crippen LogP contribution in [0, 0.1) is 13.8 Å². The van der Waals surface area contributed by atoms with E-state index in [-0.39, 0.29) is 13.2 Å². The van der Waals surface area contributed by atoms with Gasteiger partial charge in [0.15, 0.2) is 0 Å². The molecule has 1 rings (SSSR count). The predicted octanol–water partition coefficient (Wildman–Crippen LogP) is 2.20. The highest BCUT2D eigenvalue weighted by Crippen LogP contribution is 2.18. The van der Waals surface area contributed by atoms with Crippen LogP contribution in [0.4, 0.5) is 13.2 Å². The van der Waals surface area contributed by atoms with Gasteiger partial charge in [0.25, 0.3) is 0 Å². The minimum Gasteiger partial charge on any atom is -0.491 e. The highest BCUT2D eigenvalue weighted by atomic mass is 19.4. The fraction of sp³-hybridized carbons (Fsp3) is 0.538. The van der Waals surface area contributed by atoms with Crippen LogP contribution in [0.2, 0.25) is 0 Å². The Morgan fingerprint density at radius 1 is 1.32 bits per heavy atom. The van der Waals surface area contributed by atoms with Crippen LogP contribution in [0.3, 0.4) is 0 Å². The van der Waals surface area contributed by atoms with E-state index < -0.39 is 18.8 Å². The number of aryl methyl sites for hydroxylation is 2. The minimum atomic E-state index is -4.27. The normalized spacial score (nSPS) is 13.4. The molecule has 0 aliphatic heterocycles. The molecular weight excluding hydrogens is 259 g/mol. The molecular formula is C13H18F3NO2. The van der Waals surface area contributed by atoms with Gasteiger partial charge >= 0.3 is 6.18 Å². The summed E-state index contributed by atoms with van der Waals surface area (Å²) in [6, 6.07) is 5.58. The summed E-state index contributed by atoms with van der Waals surface area (Å²) in [7, 11) is 0. The van der Waals surface area contributed by atoms with Gasteiger partial charge < -0.3 is 15.2 Å². The first-order chi connectivity index (χ1) is 8.78. The molecule has 2 N–H and O–H groups in total. The second-order valence-corrected chi connectivity index (χ2v) is 4.48. The molecule has 0 spiro atoms. The van der Waals surface area contributed by atoms with Crippen molar-refractivity contribution in [3.05, 3.63) is 29.3 Å². The van der Waals surface area contributed by atoms with Crippen LogP contribution in [0.15, 0.2) is 18.2 Å². The largest absolute Gasteiger partial charge is 0.491 e. The van der Waals surface area contributed by atoms with Gasteiger partial charge in [-0.15, -0.1) is 0 Å². The summed E-state index contributed by atoms with van der Waals surface area (Å²) in [4.78, 5) is 0. The smallest absolute Gasteiger partial charge is 0.401 e. The van der Waals surface area contributed by atoms with Crippen LogP contribution >= 0.6 is 0 Å². The number of benzene rings is 1. The Morgan fingerprint density at radius 2 is 2.00 bits per heavy atom. The van der Waals surface area contributed by atoms with Gasteiger partial charge in [0.1, 0.15) is 18.5 Å². The number of aliphatic hydroxyl groups is 1. The fourth-order valence-corrected chi connectivity index (χ4v) is 1.59. The van der Waals surface area contributed by atoms with E-state index in [1.807, 2.05) is 26.0 Å². The van der Waals surface area contributed by atoms with Crippen LogP contribution < -0.4 is 10.1 Å². The van der Waals surface area contributed by atoms with Crippen LogP contribution in [0.5, 0.6) is 5.75 Å². The fourth-order valence-electron chi connectivity index (χ4n) is 1.59. The molecule has 0 aliphatic carbocycles. The molecule has 108 valence electrons. The van der Waals surface area contributed by atoms with E-state index in [9.17, 15) is 18.3 Å². The van der Waals surface area contributed by atoms with Crippen LogP contribution in [0.1, 0.15) is 11.1 Å². The zero-order chi connectivity index (χ0) is 14.5. The molecule has 0 heterocycles. The van der Waals surface area contributed by atoms with Gasteiger partial charge in [-0.3, -0.25) is 0 Å². The van der Waals surface area contributed by atoms with E-state index in [0.717, 1.165) is 11.1 Å². The first-order valence-electron chi connectivity index (χ1n) is 5.93. The third-order valence-electron chi connectivity index (χ3n) is 2.47. The summed E-state index contributed by atoms with van der Waals surface area (Å²) in [5.41, 5.74) is 2.02. The second kappa shape index (κ2) is 6.77. The molecule has 0 fully saturated rings. The van der Waals surface area contributed by atoms with Crippen LogP contribution in [-0.4, -0.2) is 37.1 Å². The predicted molar refractivity (Wildman–Crippen MR) is 66.3 cm³/mol. The van der Waals surface area contributed by atoms with Crippen molar-refractivity contribution in [1.29, 1.82) is 0 Å². The van der Waals surface area contributed by atoms with Crippen molar-refractivity contribution < 1.29 is 23.0 Å². The van der Waals surface area contributed by atoms with E-state index >= 15 is 0 Å². The third kappa shape index (κ3) is 6.45. The van der Waals surface area contributed by atoms with Crippen molar-refractivity contribution in [2.75, 3.05) is 19.7 Å². The van der Waals surface area contributed by atoms with Gasteiger partial charge in [-0.05, 0) is 25.5 Å². The topological polar surface area (TPSA) is 41.5 Å². The third-order valence-corrected chi connectivity index (χ3v) is 2.47. The molecule has 0 radical (unpaired) electrons. The van der Waals surface area contributed by atoms with Gasteiger partial charge in [0, 0.05) is 6.54 Å². The maximum Gasteiger partial charge on any atom is 0.401 e. The Kier molecular flexibility index (Phi) is 5.62. The van der Waals surface area contributed by atoms with Crippen molar-refractivity contribution in [3.63, 3.8) is 0 Å². The second-order valence-electron chi connectivity index (χ2n) is 4.48. The zero-order valence-electron chi connectivity index (χ0n) is 10.9. The average Bonchev–Trinajstić information content (AvgIpc) is 2.26. The van der Waals surface area contributed by atoms with Gasteiger partial charge in [0.2, 0.25) is 0 Å². The summed E-state index contributed by atoms with van der Waals surface area (Å²) < 4.78 is 41.0. The lowest BCUT2D eigenvalue weighted by molar-refractivity contribution is -0.125. The summed E-state index contributed by atoms with van der Waals surface area (Å²) in [5, 5.41) is 11.6. The maximum atomic E-state index is 11.9. The molecule has 0 aromatic heterocycles. The molecule has 0 saturated carbocycles. The molecule has 0 bridgehead atoms. The Balaban J connectivity index is 2.32. The number of rotatable bonds is 6. The minimum absolute atomic E-state index is 0.0469. The molecule has 1 atom stereocenters. The highest BCUT2D eigenvalue weighted by molar-refractivity contribution is 5.35. The first kappa shape index (κ1) is 15.8. The first-order valence-corrected chi connectivity index (χ1v) is 5.93. The van der Waals surface area contributed by atoms with Crippen molar-refractivity contribution >= 4 is 0 Å². The quantitative estimate of drug-likeness (QED) is 0.837. The average molecular weight is 277 g/mol. The molecule has 1 aromatic rings. The lowest BCUT2D eigenvalue weighted by Crippen LogP contribution is -2.37. The number of nitrogens with one attached hydrogen (secondary N) is 1. The van der Waals surface area contributed by atoms with E-state index in [2.05, 4.69) is 5.32 Å². The van der Waals surface area contributed by atoms with Crippen molar-refractivity contribution in [2.24, 2.45) is 0 Å². The van der Waals surface area contributed by atoms with Gasteiger partial charge in [-0.25, -0.2) is 0 Å². The molecule has 6 heteroatoms. The Hall–Kier alpha value is -1.27. The molecule has 0 amide bonds. The number of halogens is 3. The van der Waals surface area contributed by atoms with Crippen LogP contribution in [-0.2, 0) is 0 Å². The molecule has 1 aromatic carbocycles. The van der Waals surface area contributed by atoms with Crippen molar-refractivity contribution in [2.45, 2.75) is 26.1 Å². The van der Waals surface area contributed by atoms with Gasteiger partial charge in [-0.2, -0.15) is 13.2 Å². The number of alkyl halides is 3. The summed E-state index contributed by atoms with van der Waals surface area (Å²) in [6.07, 6.45) is -5.25. The van der Waals surface area contributed by atoms with Crippen molar-refractivity contribution in [1.82, 2.24) is 5.32 Å². The highest BCUT2D eigenvalue weighted by Gasteiger charge is 2.26. The lowest BCUT2D eigenvalue weighted by atomic mass is 10.1. The Bertz CT molecular complexity index is 407. The van der Waals surface area contributed by atoms with E-state index in [4.69, 9.17) is 4.74 Å². The monoisotopic (exact) mass is 277 g/mol. The number of hydrogen-bond donors (Lipinski definition) is 2. The maximum absolute atomic E-state index is 11.9. The number of hydrogen-bond acceptors (Lipinski definition) is 3. The van der Waals surface area contributed by atoms with E-state index in [0.29, 0.717) is 5.75 Å². The molecule has 3 nitrogen and oxygen atoms in total. The SMILES string of the molecule is Cc1ccc(OCC(O)CNCC(F)(F)F)c(C)c1. The Morgan fingerprint density at radius 3 is 2.58 bits per heavy atom. The van der Waals surface area contributed by atoms with E-state index in [1.54, 1.807) is 6.07 Å². The summed E-state index contributed by atoms with van der Waals surface area (Å²) in [5.74, 6) is 0.625. The molecule has 0 aliphatic rings. The number of aliphatic hydroxyl groups excluding tert-OH is 1. The Labute approximate surface area is 110 Å². The molecule has 1 unspecified atom stereocenters. The van der Waals surface area contributed by atoms with Crippen LogP contribution in [0.25, 0.3) is 0 Å². The molecule has 19 heavy (non-hydrogen) atoms. The van der Waals surface area contributed by atoms with Gasteiger partial charge in [-0.1, -0.05) is 17.7 Å². The van der Waals surface area contributed by atoms with Crippen molar-refractivity contribution in [3.8, 4) is 5.75 Å². The molecule has 0 saturated heterocycles. The summed E-state index contributed by atoms with van der Waals surface area (Å²) in [6.45, 7) is 2.50. The lowest BCUT2D eigenvalue weighted by Gasteiger charge is -2.15. The standard InChI is InChI=1S/C13H18F3NO2/c1-9-3-4-12(10(2)5-9)19-7-11(18)6-17-8-13(14,15)16/h3-5,11,17-18H,6-8H2,1-2H3. The number of ether oxygens (including phenoxy) is 1.